The molecular weight excluding hydrogens is 407 g/mol. The molecule has 1 aliphatic heterocycles. The second-order valence-corrected chi connectivity index (χ2v) is 7.36. The first kappa shape index (κ1) is 21.2. The van der Waals surface area contributed by atoms with E-state index in [1.807, 2.05) is 12.1 Å². The predicted molar refractivity (Wildman–Crippen MR) is 110 cm³/mol. The summed E-state index contributed by atoms with van der Waals surface area (Å²) in [4.78, 5) is 23.0. The summed E-state index contributed by atoms with van der Waals surface area (Å²) < 4.78 is 38.7. The fourth-order valence-electron chi connectivity index (χ4n) is 3.81. The van der Waals surface area contributed by atoms with Gasteiger partial charge in [-0.05, 0) is 29.8 Å². The molecule has 1 aliphatic rings. The Hall–Kier alpha value is -3.04. The largest absolute Gasteiger partial charge is 0.433 e. The second-order valence-electron chi connectivity index (χ2n) is 7.36. The van der Waals surface area contributed by atoms with Crippen LogP contribution in [0.25, 0.3) is 10.9 Å². The van der Waals surface area contributed by atoms with Gasteiger partial charge in [0.2, 0.25) is 0 Å². The van der Waals surface area contributed by atoms with Crippen molar-refractivity contribution in [2.45, 2.75) is 12.2 Å². The minimum atomic E-state index is -4.49. The van der Waals surface area contributed by atoms with Crippen molar-refractivity contribution in [3.05, 3.63) is 71.7 Å². The topological polar surface area (TPSA) is 70.2 Å². The Morgan fingerprint density at radius 1 is 1.10 bits per heavy atom. The monoisotopic (exact) mass is 429 g/mol. The highest BCUT2D eigenvalue weighted by Crippen LogP contribution is 2.29. The summed E-state index contributed by atoms with van der Waals surface area (Å²) in [5.74, 6) is -0.251. The first-order valence-electron chi connectivity index (χ1n) is 10.0. The van der Waals surface area contributed by atoms with Gasteiger partial charge in [-0.3, -0.25) is 19.7 Å². The SMILES string of the molecule is O=C(NCC(c1ccc(C(F)(F)F)nc1)N1CCNCC1)c1cccc2ncccc12. The molecule has 6 nitrogen and oxygen atoms in total. The van der Waals surface area contributed by atoms with Gasteiger partial charge < -0.3 is 10.6 Å². The zero-order valence-corrected chi connectivity index (χ0v) is 16.7. The molecule has 1 fully saturated rings. The summed E-state index contributed by atoms with van der Waals surface area (Å²) in [6.07, 6.45) is -1.56. The fourth-order valence-corrected chi connectivity index (χ4v) is 3.81. The first-order valence-corrected chi connectivity index (χ1v) is 10.0. The van der Waals surface area contributed by atoms with Crippen LogP contribution >= 0.6 is 0 Å². The molecular formula is C22H22F3N5O. The molecule has 0 bridgehead atoms. The molecule has 0 radical (unpaired) electrons. The number of pyridine rings is 2. The van der Waals surface area contributed by atoms with Gasteiger partial charge in [0.25, 0.3) is 5.91 Å². The average molecular weight is 429 g/mol. The Bertz CT molecular complexity index is 1040. The third-order valence-corrected chi connectivity index (χ3v) is 5.40. The predicted octanol–water partition coefficient (Wildman–Crippen LogP) is 3.02. The van der Waals surface area contributed by atoms with Gasteiger partial charge in [-0.15, -0.1) is 0 Å². The van der Waals surface area contributed by atoms with E-state index in [-0.39, 0.29) is 18.5 Å². The van der Waals surface area contributed by atoms with Gasteiger partial charge in [0.05, 0.1) is 11.6 Å². The molecule has 1 aromatic carbocycles. The van der Waals surface area contributed by atoms with E-state index in [1.165, 1.54) is 12.3 Å². The number of hydrogen-bond acceptors (Lipinski definition) is 5. The van der Waals surface area contributed by atoms with Crippen LogP contribution in [0.5, 0.6) is 0 Å². The van der Waals surface area contributed by atoms with E-state index >= 15 is 0 Å². The van der Waals surface area contributed by atoms with Crippen LogP contribution in [-0.2, 0) is 6.18 Å². The number of alkyl halides is 3. The lowest BCUT2D eigenvalue weighted by Crippen LogP contribution is -2.48. The van der Waals surface area contributed by atoms with E-state index in [0.717, 1.165) is 43.1 Å². The molecule has 0 spiro atoms. The summed E-state index contributed by atoms with van der Waals surface area (Å²) in [5, 5.41) is 6.96. The summed E-state index contributed by atoms with van der Waals surface area (Å²) in [7, 11) is 0. The maximum Gasteiger partial charge on any atom is 0.433 e. The number of aromatic nitrogens is 2. The van der Waals surface area contributed by atoms with Crippen LogP contribution in [-0.4, -0.2) is 53.5 Å². The van der Waals surface area contributed by atoms with E-state index in [9.17, 15) is 18.0 Å². The molecule has 2 N–H and O–H groups in total. The Morgan fingerprint density at radius 3 is 2.61 bits per heavy atom. The number of piperazine rings is 1. The first-order chi connectivity index (χ1) is 14.9. The van der Waals surface area contributed by atoms with Gasteiger partial charge in [-0.25, -0.2) is 0 Å². The second kappa shape index (κ2) is 8.99. The highest BCUT2D eigenvalue weighted by atomic mass is 19.4. The molecule has 1 atom stereocenters. The van der Waals surface area contributed by atoms with Gasteiger partial charge in [0, 0.05) is 56.1 Å². The number of fused-ring (bicyclic) bond motifs is 1. The zero-order chi connectivity index (χ0) is 21.8. The molecule has 0 saturated carbocycles. The van der Waals surface area contributed by atoms with Gasteiger partial charge in [0.15, 0.2) is 0 Å². The van der Waals surface area contributed by atoms with E-state index < -0.39 is 11.9 Å². The van der Waals surface area contributed by atoms with Crippen LogP contribution in [0.2, 0.25) is 0 Å². The van der Waals surface area contributed by atoms with Crippen LogP contribution in [0.15, 0.2) is 54.9 Å². The van der Waals surface area contributed by atoms with Crippen LogP contribution in [0.4, 0.5) is 13.2 Å². The van der Waals surface area contributed by atoms with Crippen LogP contribution in [0, 0.1) is 0 Å². The number of carbonyl (C=O) groups is 1. The summed E-state index contributed by atoms with van der Waals surface area (Å²) in [6, 6.07) is 11.1. The normalized spacial score (nSPS) is 16.2. The van der Waals surface area contributed by atoms with Crippen molar-refractivity contribution in [1.82, 2.24) is 25.5 Å². The number of amides is 1. The Balaban J connectivity index is 1.55. The molecule has 162 valence electrons. The maximum absolute atomic E-state index is 12.9. The molecule has 3 aromatic rings. The van der Waals surface area contributed by atoms with Crippen molar-refractivity contribution >= 4 is 16.8 Å². The molecule has 0 aliphatic carbocycles. The average Bonchev–Trinajstić information content (AvgIpc) is 2.79. The molecule has 1 saturated heterocycles. The number of hydrogen-bond donors (Lipinski definition) is 2. The van der Waals surface area contributed by atoms with E-state index in [0.29, 0.717) is 11.1 Å². The fraction of sp³-hybridized carbons (Fsp3) is 0.318. The Labute approximate surface area is 177 Å². The maximum atomic E-state index is 12.9. The number of halogens is 3. The molecule has 1 unspecified atom stereocenters. The molecule has 4 rings (SSSR count). The van der Waals surface area contributed by atoms with E-state index in [4.69, 9.17) is 0 Å². The summed E-state index contributed by atoms with van der Waals surface area (Å²) in [6.45, 7) is 3.24. The molecule has 3 heterocycles. The molecule has 31 heavy (non-hydrogen) atoms. The minimum Gasteiger partial charge on any atom is -0.350 e. The van der Waals surface area contributed by atoms with Crippen molar-refractivity contribution < 1.29 is 18.0 Å². The van der Waals surface area contributed by atoms with Crippen molar-refractivity contribution in [1.29, 1.82) is 0 Å². The number of nitrogens with one attached hydrogen (secondary N) is 2. The van der Waals surface area contributed by atoms with Gasteiger partial charge in [0.1, 0.15) is 5.69 Å². The number of carbonyl (C=O) groups excluding carboxylic acids is 1. The number of rotatable bonds is 5. The quantitative estimate of drug-likeness (QED) is 0.653. The highest BCUT2D eigenvalue weighted by molar-refractivity contribution is 6.06. The summed E-state index contributed by atoms with van der Waals surface area (Å²) in [5.41, 5.74) is 0.938. The van der Waals surface area contributed by atoms with Crippen molar-refractivity contribution in [3.63, 3.8) is 0 Å². The molecule has 2 aromatic heterocycles. The van der Waals surface area contributed by atoms with Crippen LogP contribution < -0.4 is 10.6 Å². The highest BCUT2D eigenvalue weighted by Gasteiger charge is 2.33. The van der Waals surface area contributed by atoms with Gasteiger partial charge in [-0.1, -0.05) is 18.2 Å². The number of nitrogens with zero attached hydrogens (tertiary/aromatic N) is 3. The molecule has 1 amide bonds. The van der Waals surface area contributed by atoms with Crippen molar-refractivity contribution in [2.24, 2.45) is 0 Å². The van der Waals surface area contributed by atoms with Crippen molar-refractivity contribution in [3.8, 4) is 0 Å². The standard InChI is InChI=1S/C22H22F3N5O/c23-22(24,25)20-7-6-15(13-28-20)19(30-11-9-26-10-12-30)14-29-21(31)17-3-1-5-18-16(17)4-2-8-27-18/h1-8,13,19,26H,9-12,14H2,(H,29,31). The lowest BCUT2D eigenvalue weighted by Gasteiger charge is -2.35. The molecule has 9 heteroatoms. The smallest absolute Gasteiger partial charge is 0.350 e. The third kappa shape index (κ3) is 4.83. The minimum absolute atomic E-state index is 0.251. The lowest BCUT2D eigenvalue weighted by atomic mass is 10.0. The van der Waals surface area contributed by atoms with Gasteiger partial charge >= 0.3 is 6.18 Å². The zero-order valence-electron chi connectivity index (χ0n) is 16.7. The third-order valence-electron chi connectivity index (χ3n) is 5.40. The van der Waals surface area contributed by atoms with E-state index in [2.05, 4.69) is 25.5 Å². The van der Waals surface area contributed by atoms with Crippen molar-refractivity contribution in [2.75, 3.05) is 32.7 Å². The van der Waals surface area contributed by atoms with Gasteiger partial charge in [-0.2, -0.15) is 13.2 Å². The van der Waals surface area contributed by atoms with Crippen LogP contribution in [0.3, 0.4) is 0 Å². The van der Waals surface area contributed by atoms with E-state index in [1.54, 1.807) is 24.4 Å². The Morgan fingerprint density at radius 2 is 1.90 bits per heavy atom. The Kier molecular flexibility index (Phi) is 6.15. The lowest BCUT2D eigenvalue weighted by molar-refractivity contribution is -0.141. The summed E-state index contributed by atoms with van der Waals surface area (Å²) >= 11 is 0. The van der Waals surface area contributed by atoms with Crippen LogP contribution in [0.1, 0.15) is 27.7 Å². The number of benzene rings is 1.